The molecule has 0 aromatic carbocycles. The third-order valence-electron chi connectivity index (χ3n) is 2.51. The standard InChI is InChI=1S/C12H15N5O/c1-16(8-10-4-2-3-6-14-10)12(18)9-17-7-5-11(13)15-17/h2-7H,8-9H2,1H3,(H2,13,15). The van der Waals surface area contributed by atoms with E-state index >= 15 is 0 Å². The normalized spacial score (nSPS) is 10.3. The van der Waals surface area contributed by atoms with Crippen molar-refractivity contribution in [3.05, 3.63) is 42.4 Å². The van der Waals surface area contributed by atoms with Gasteiger partial charge >= 0.3 is 0 Å². The number of aromatic nitrogens is 3. The first-order valence-corrected chi connectivity index (χ1v) is 5.58. The lowest BCUT2D eigenvalue weighted by Crippen LogP contribution is -2.30. The molecule has 2 heterocycles. The highest BCUT2D eigenvalue weighted by atomic mass is 16.2. The lowest BCUT2D eigenvalue weighted by molar-refractivity contribution is -0.131. The zero-order valence-electron chi connectivity index (χ0n) is 10.2. The Morgan fingerprint density at radius 2 is 2.28 bits per heavy atom. The van der Waals surface area contributed by atoms with Gasteiger partial charge in [-0.05, 0) is 18.2 Å². The number of likely N-dealkylation sites (N-methyl/N-ethyl adjacent to an activating group) is 1. The van der Waals surface area contributed by atoms with Crippen LogP contribution in [0.2, 0.25) is 0 Å². The minimum absolute atomic E-state index is 0.0382. The number of nitrogens with zero attached hydrogens (tertiary/aromatic N) is 4. The van der Waals surface area contributed by atoms with Gasteiger partial charge in [0.05, 0.1) is 12.2 Å². The molecule has 0 fully saturated rings. The Kier molecular flexibility index (Phi) is 3.57. The van der Waals surface area contributed by atoms with Crippen LogP contribution >= 0.6 is 0 Å². The summed E-state index contributed by atoms with van der Waals surface area (Å²) in [7, 11) is 1.74. The van der Waals surface area contributed by atoms with E-state index in [2.05, 4.69) is 10.1 Å². The Hall–Kier alpha value is -2.37. The minimum atomic E-state index is -0.0382. The quantitative estimate of drug-likeness (QED) is 0.851. The van der Waals surface area contributed by atoms with Crippen LogP contribution in [0.25, 0.3) is 0 Å². The summed E-state index contributed by atoms with van der Waals surface area (Å²) in [6.07, 6.45) is 3.39. The zero-order valence-corrected chi connectivity index (χ0v) is 10.2. The number of nitrogens with two attached hydrogens (primary N) is 1. The maximum atomic E-state index is 11.9. The number of nitrogen functional groups attached to an aromatic ring is 1. The summed E-state index contributed by atoms with van der Waals surface area (Å²) < 4.78 is 1.52. The van der Waals surface area contributed by atoms with E-state index in [9.17, 15) is 4.79 Å². The molecule has 0 aliphatic rings. The monoisotopic (exact) mass is 245 g/mol. The summed E-state index contributed by atoms with van der Waals surface area (Å²) in [5.74, 6) is 0.374. The molecule has 1 amide bonds. The number of amides is 1. The molecule has 0 saturated heterocycles. The molecule has 0 bridgehead atoms. The topological polar surface area (TPSA) is 77.0 Å². The summed E-state index contributed by atoms with van der Waals surface area (Å²) in [6, 6.07) is 7.29. The highest BCUT2D eigenvalue weighted by Crippen LogP contribution is 2.01. The fourth-order valence-electron chi connectivity index (χ4n) is 1.55. The number of carbonyl (C=O) groups excluding carboxylic acids is 1. The summed E-state index contributed by atoms with van der Waals surface area (Å²) in [6.45, 7) is 0.664. The number of hydrogen-bond acceptors (Lipinski definition) is 4. The van der Waals surface area contributed by atoms with Crippen LogP contribution in [0.5, 0.6) is 0 Å². The van der Waals surface area contributed by atoms with Gasteiger partial charge in [-0.1, -0.05) is 6.07 Å². The number of carbonyl (C=O) groups is 1. The molecule has 94 valence electrons. The molecule has 0 unspecified atom stereocenters. The van der Waals surface area contributed by atoms with Gasteiger partial charge in [-0.15, -0.1) is 0 Å². The average Bonchev–Trinajstić information content (AvgIpc) is 2.76. The smallest absolute Gasteiger partial charge is 0.244 e. The SMILES string of the molecule is CN(Cc1ccccn1)C(=O)Cn1ccc(N)n1. The van der Waals surface area contributed by atoms with Crippen LogP contribution in [0, 0.1) is 0 Å². The molecule has 18 heavy (non-hydrogen) atoms. The summed E-state index contributed by atoms with van der Waals surface area (Å²) in [4.78, 5) is 17.7. The lowest BCUT2D eigenvalue weighted by Gasteiger charge is -2.16. The first-order valence-electron chi connectivity index (χ1n) is 5.58. The second-order valence-electron chi connectivity index (χ2n) is 4.01. The fraction of sp³-hybridized carbons (Fsp3) is 0.250. The van der Waals surface area contributed by atoms with E-state index in [1.54, 1.807) is 30.4 Å². The van der Waals surface area contributed by atoms with E-state index in [0.717, 1.165) is 5.69 Å². The molecule has 6 nitrogen and oxygen atoms in total. The maximum absolute atomic E-state index is 11.9. The third-order valence-corrected chi connectivity index (χ3v) is 2.51. The van der Waals surface area contributed by atoms with Crippen molar-refractivity contribution in [2.45, 2.75) is 13.1 Å². The van der Waals surface area contributed by atoms with Crippen molar-refractivity contribution in [1.29, 1.82) is 0 Å². The molecule has 0 radical (unpaired) electrons. The second kappa shape index (κ2) is 5.31. The molecule has 2 N–H and O–H groups in total. The van der Waals surface area contributed by atoms with E-state index in [1.165, 1.54) is 4.68 Å². The molecular formula is C12H15N5O. The minimum Gasteiger partial charge on any atom is -0.382 e. The van der Waals surface area contributed by atoms with Crippen molar-refractivity contribution in [3.63, 3.8) is 0 Å². The Bertz CT molecular complexity index is 522. The third kappa shape index (κ3) is 3.07. The number of anilines is 1. The first-order chi connectivity index (χ1) is 8.65. The molecule has 0 aliphatic carbocycles. The van der Waals surface area contributed by atoms with Crippen LogP contribution in [-0.2, 0) is 17.9 Å². The fourth-order valence-corrected chi connectivity index (χ4v) is 1.55. The molecule has 0 spiro atoms. The number of rotatable bonds is 4. The van der Waals surface area contributed by atoms with Gasteiger partial charge < -0.3 is 10.6 Å². The van der Waals surface area contributed by atoms with Gasteiger partial charge in [0.25, 0.3) is 0 Å². The van der Waals surface area contributed by atoms with Crippen LogP contribution < -0.4 is 5.73 Å². The average molecular weight is 245 g/mol. The second-order valence-corrected chi connectivity index (χ2v) is 4.01. The maximum Gasteiger partial charge on any atom is 0.244 e. The zero-order chi connectivity index (χ0) is 13.0. The molecule has 2 aromatic rings. The van der Waals surface area contributed by atoms with Crippen LogP contribution in [0.1, 0.15) is 5.69 Å². The first kappa shape index (κ1) is 12.1. The number of pyridine rings is 1. The van der Waals surface area contributed by atoms with Crippen LogP contribution in [0.3, 0.4) is 0 Å². The Morgan fingerprint density at radius 3 is 2.89 bits per heavy atom. The van der Waals surface area contributed by atoms with Gasteiger partial charge in [-0.3, -0.25) is 14.5 Å². The van der Waals surface area contributed by atoms with Crippen molar-refractivity contribution in [3.8, 4) is 0 Å². The highest BCUT2D eigenvalue weighted by molar-refractivity contribution is 5.75. The molecule has 2 aromatic heterocycles. The molecule has 6 heteroatoms. The van der Waals surface area contributed by atoms with Gasteiger partial charge in [-0.2, -0.15) is 5.10 Å². The van der Waals surface area contributed by atoms with Crippen LogP contribution in [0.4, 0.5) is 5.82 Å². The Balaban J connectivity index is 1.93. The van der Waals surface area contributed by atoms with E-state index < -0.39 is 0 Å². The van der Waals surface area contributed by atoms with Crippen LogP contribution in [0.15, 0.2) is 36.7 Å². The van der Waals surface area contributed by atoms with Gasteiger partial charge in [0, 0.05) is 19.4 Å². The highest BCUT2D eigenvalue weighted by Gasteiger charge is 2.10. The summed E-state index contributed by atoms with van der Waals surface area (Å²) >= 11 is 0. The van der Waals surface area contributed by atoms with Gasteiger partial charge in [-0.25, -0.2) is 0 Å². The summed E-state index contributed by atoms with van der Waals surface area (Å²) in [5.41, 5.74) is 6.34. The molecule has 2 rings (SSSR count). The largest absolute Gasteiger partial charge is 0.382 e. The predicted octanol–water partition coefficient (Wildman–Crippen LogP) is 0.519. The van der Waals surface area contributed by atoms with Gasteiger partial charge in [0.1, 0.15) is 12.4 Å². The van der Waals surface area contributed by atoms with Crippen molar-refractivity contribution in [2.24, 2.45) is 0 Å². The Labute approximate surface area is 105 Å². The van der Waals surface area contributed by atoms with Crippen molar-refractivity contribution < 1.29 is 4.79 Å². The molecular weight excluding hydrogens is 230 g/mol. The Morgan fingerprint density at radius 1 is 1.44 bits per heavy atom. The summed E-state index contributed by atoms with van der Waals surface area (Å²) in [5, 5.41) is 3.97. The van der Waals surface area contributed by atoms with Gasteiger partial charge in [0.15, 0.2) is 0 Å². The van der Waals surface area contributed by atoms with E-state index in [4.69, 9.17) is 5.73 Å². The van der Waals surface area contributed by atoms with Crippen LogP contribution in [-0.4, -0.2) is 32.6 Å². The van der Waals surface area contributed by atoms with Crippen molar-refractivity contribution >= 4 is 11.7 Å². The van der Waals surface area contributed by atoms with Crippen molar-refractivity contribution in [2.75, 3.05) is 12.8 Å². The van der Waals surface area contributed by atoms with Gasteiger partial charge in [0.2, 0.25) is 5.91 Å². The van der Waals surface area contributed by atoms with Crippen molar-refractivity contribution in [1.82, 2.24) is 19.7 Å². The van der Waals surface area contributed by atoms with E-state index in [-0.39, 0.29) is 12.5 Å². The molecule has 0 saturated carbocycles. The van der Waals surface area contributed by atoms with E-state index in [0.29, 0.717) is 12.4 Å². The number of hydrogen-bond donors (Lipinski definition) is 1. The predicted molar refractivity (Wildman–Crippen MR) is 67.4 cm³/mol. The molecule has 0 atom stereocenters. The van der Waals surface area contributed by atoms with E-state index in [1.807, 2.05) is 18.2 Å². The molecule has 0 aliphatic heterocycles. The lowest BCUT2D eigenvalue weighted by atomic mass is 10.3.